The maximum absolute atomic E-state index is 11.7. The Kier molecular flexibility index (Phi) is 3.80. The Morgan fingerprint density at radius 1 is 1.44 bits per heavy atom. The van der Waals surface area contributed by atoms with E-state index in [0.717, 1.165) is 17.1 Å². The molecule has 1 aromatic carbocycles. The Hall–Kier alpha value is -2.06. The largest absolute Gasteiger partial charge is 0.508 e. The average Bonchev–Trinajstić information content (AvgIpc) is 2.85. The molecular formula is C10H11N5O2S. The summed E-state index contributed by atoms with van der Waals surface area (Å²) in [5.41, 5.74) is 6.63. The molecule has 0 aliphatic rings. The van der Waals surface area contributed by atoms with E-state index >= 15 is 0 Å². The van der Waals surface area contributed by atoms with Crippen LogP contribution in [0.2, 0.25) is 0 Å². The second-order valence-electron chi connectivity index (χ2n) is 3.63. The van der Waals surface area contributed by atoms with Crippen LogP contribution in [0.5, 0.6) is 5.75 Å². The Balaban J connectivity index is 1.93. The highest BCUT2D eigenvalue weighted by Crippen LogP contribution is 2.11. The van der Waals surface area contributed by atoms with Crippen LogP contribution in [-0.4, -0.2) is 31.9 Å². The average molecular weight is 265 g/mol. The molecule has 18 heavy (non-hydrogen) atoms. The van der Waals surface area contributed by atoms with E-state index in [9.17, 15) is 4.79 Å². The van der Waals surface area contributed by atoms with Crippen molar-refractivity contribution in [1.29, 1.82) is 0 Å². The Morgan fingerprint density at radius 2 is 2.17 bits per heavy atom. The highest BCUT2D eigenvalue weighted by Gasteiger charge is 2.15. The topological polar surface area (TPSA) is 114 Å². The van der Waals surface area contributed by atoms with E-state index in [1.807, 2.05) is 0 Å². The molecule has 94 valence electrons. The molecule has 0 radical (unpaired) electrons. The molecule has 0 aliphatic heterocycles. The number of carbonyl (C=O) groups excluding carboxylic acids is 1. The van der Waals surface area contributed by atoms with Gasteiger partial charge in [-0.05, 0) is 29.3 Å². The lowest BCUT2D eigenvalue weighted by Crippen LogP contribution is -2.37. The number of nitrogens with two attached hydrogens (primary N) is 1. The van der Waals surface area contributed by atoms with Crippen LogP contribution in [0.25, 0.3) is 0 Å². The fourth-order valence-corrected chi connectivity index (χ4v) is 1.73. The minimum atomic E-state index is -0.696. The fraction of sp³-hybridized carbons (Fsp3) is 0.200. The van der Waals surface area contributed by atoms with Crippen molar-refractivity contribution < 1.29 is 9.90 Å². The van der Waals surface area contributed by atoms with Crippen LogP contribution in [0.1, 0.15) is 5.56 Å². The highest BCUT2D eigenvalue weighted by molar-refractivity contribution is 7.09. The zero-order valence-electron chi connectivity index (χ0n) is 9.28. The SMILES string of the molecule is NC(Cc1ccc(O)cc1)C(=O)Nc1nnns1. The summed E-state index contributed by atoms with van der Waals surface area (Å²) in [6.07, 6.45) is 0.373. The van der Waals surface area contributed by atoms with Crippen LogP contribution in [0, 0.1) is 0 Å². The normalized spacial score (nSPS) is 12.1. The molecular weight excluding hydrogens is 254 g/mol. The molecule has 0 bridgehead atoms. The molecule has 1 aromatic heterocycles. The van der Waals surface area contributed by atoms with E-state index in [-0.39, 0.29) is 11.7 Å². The summed E-state index contributed by atoms with van der Waals surface area (Å²) >= 11 is 0.984. The van der Waals surface area contributed by atoms with E-state index < -0.39 is 6.04 Å². The number of aromatic hydroxyl groups is 1. The third-order valence-electron chi connectivity index (χ3n) is 2.26. The third-order valence-corrected chi connectivity index (χ3v) is 2.77. The molecule has 2 rings (SSSR count). The zero-order chi connectivity index (χ0) is 13.0. The molecule has 0 saturated heterocycles. The summed E-state index contributed by atoms with van der Waals surface area (Å²) in [6, 6.07) is 5.84. The summed E-state index contributed by atoms with van der Waals surface area (Å²) < 4.78 is 3.53. The number of hydrogen-bond acceptors (Lipinski definition) is 7. The number of anilines is 1. The van der Waals surface area contributed by atoms with Gasteiger partial charge in [-0.3, -0.25) is 10.1 Å². The number of aromatic nitrogens is 3. The molecule has 1 heterocycles. The number of phenols is 1. The number of amides is 1. The third kappa shape index (κ3) is 3.22. The molecule has 1 amide bonds. The van der Waals surface area contributed by atoms with Crippen LogP contribution >= 0.6 is 11.5 Å². The van der Waals surface area contributed by atoms with Gasteiger partial charge < -0.3 is 10.8 Å². The van der Waals surface area contributed by atoms with Gasteiger partial charge in [0.2, 0.25) is 11.0 Å². The lowest BCUT2D eigenvalue weighted by atomic mass is 10.1. The molecule has 0 aliphatic carbocycles. The second-order valence-corrected chi connectivity index (χ2v) is 4.37. The first-order valence-corrected chi connectivity index (χ1v) is 5.92. The minimum Gasteiger partial charge on any atom is -0.508 e. The predicted octanol–water partition coefficient (Wildman–Crippen LogP) is 0.147. The highest BCUT2D eigenvalue weighted by atomic mass is 32.1. The first-order valence-electron chi connectivity index (χ1n) is 5.14. The number of nitrogens with zero attached hydrogens (tertiary/aromatic N) is 3. The number of carbonyl (C=O) groups is 1. The van der Waals surface area contributed by atoms with Crippen molar-refractivity contribution >= 4 is 22.6 Å². The van der Waals surface area contributed by atoms with Crippen molar-refractivity contribution in [2.75, 3.05) is 5.32 Å². The number of nitrogens with one attached hydrogen (secondary N) is 1. The molecule has 7 nitrogen and oxygen atoms in total. The summed E-state index contributed by atoms with van der Waals surface area (Å²) in [5.74, 6) is -0.168. The first kappa shape index (κ1) is 12.4. The van der Waals surface area contributed by atoms with Gasteiger partial charge >= 0.3 is 0 Å². The number of hydrogen-bond donors (Lipinski definition) is 3. The van der Waals surface area contributed by atoms with Gasteiger partial charge in [0, 0.05) is 11.5 Å². The van der Waals surface area contributed by atoms with E-state index in [0.29, 0.717) is 11.6 Å². The van der Waals surface area contributed by atoms with Gasteiger partial charge in [0.05, 0.1) is 6.04 Å². The summed E-state index contributed by atoms with van der Waals surface area (Å²) in [6.45, 7) is 0. The molecule has 4 N–H and O–H groups in total. The number of phenolic OH excluding ortho intramolecular Hbond substituents is 1. The van der Waals surface area contributed by atoms with Crippen LogP contribution in [-0.2, 0) is 11.2 Å². The van der Waals surface area contributed by atoms with Gasteiger partial charge in [0.1, 0.15) is 5.75 Å². The maximum Gasteiger partial charge on any atom is 0.243 e. The van der Waals surface area contributed by atoms with Crippen molar-refractivity contribution in [3.8, 4) is 5.75 Å². The van der Waals surface area contributed by atoms with Gasteiger partial charge in [-0.15, -0.1) is 0 Å². The van der Waals surface area contributed by atoms with E-state index in [4.69, 9.17) is 10.8 Å². The lowest BCUT2D eigenvalue weighted by molar-refractivity contribution is -0.117. The van der Waals surface area contributed by atoms with Crippen molar-refractivity contribution in [1.82, 2.24) is 14.8 Å². The van der Waals surface area contributed by atoms with E-state index in [1.54, 1.807) is 24.3 Å². The monoisotopic (exact) mass is 265 g/mol. The van der Waals surface area contributed by atoms with Gasteiger partial charge in [-0.2, -0.15) is 0 Å². The predicted molar refractivity (Wildman–Crippen MR) is 66.1 cm³/mol. The van der Waals surface area contributed by atoms with Crippen molar-refractivity contribution in [2.24, 2.45) is 5.73 Å². The number of rotatable bonds is 4. The van der Waals surface area contributed by atoms with Crippen LogP contribution < -0.4 is 11.1 Å². The van der Waals surface area contributed by atoms with Gasteiger partial charge in [-0.1, -0.05) is 21.7 Å². The Labute approximate surface area is 107 Å². The summed E-state index contributed by atoms with van der Waals surface area (Å²) in [7, 11) is 0. The van der Waals surface area contributed by atoms with Gasteiger partial charge in [0.15, 0.2) is 0 Å². The second kappa shape index (κ2) is 5.52. The molecule has 1 unspecified atom stereocenters. The van der Waals surface area contributed by atoms with Crippen LogP contribution in [0.15, 0.2) is 24.3 Å². The molecule has 0 fully saturated rings. The van der Waals surface area contributed by atoms with E-state index in [2.05, 4.69) is 20.1 Å². The first-order chi connectivity index (χ1) is 8.65. The standard InChI is InChI=1S/C10H11N5O2S/c11-8(5-6-1-3-7(16)4-2-6)9(17)12-10-13-14-15-18-10/h1-4,8,16H,5,11H2,(H,12,13,15,17). The van der Waals surface area contributed by atoms with Gasteiger partial charge in [-0.25, -0.2) is 0 Å². The number of benzene rings is 1. The van der Waals surface area contributed by atoms with Gasteiger partial charge in [0.25, 0.3) is 0 Å². The molecule has 0 saturated carbocycles. The fourth-order valence-electron chi connectivity index (χ4n) is 1.36. The Bertz CT molecular complexity index is 514. The maximum atomic E-state index is 11.7. The lowest BCUT2D eigenvalue weighted by Gasteiger charge is -2.10. The molecule has 1 atom stereocenters. The van der Waals surface area contributed by atoms with E-state index in [1.165, 1.54) is 0 Å². The van der Waals surface area contributed by atoms with Crippen molar-refractivity contribution in [3.05, 3.63) is 29.8 Å². The summed E-state index contributed by atoms with van der Waals surface area (Å²) in [5, 5.41) is 18.9. The van der Waals surface area contributed by atoms with Crippen molar-refractivity contribution in [2.45, 2.75) is 12.5 Å². The quantitative estimate of drug-likeness (QED) is 0.725. The van der Waals surface area contributed by atoms with Crippen LogP contribution in [0.4, 0.5) is 5.13 Å². The summed E-state index contributed by atoms with van der Waals surface area (Å²) in [4.78, 5) is 11.7. The molecule has 8 heteroatoms. The Morgan fingerprint density at radius 3 is 2.78 bits per heavy atom. The van der Waals surface area contributed by atoms with Crippen molar-refractivity contribution in [3.63, 3.8) is 0 Å². The zero-order valence-corrected chi connectivity index (χ0v) is 10.1. The molecule has 2 aromatic rings. The smallest absolute Gasteiger partial charge is 0.243 e. The minimum absolute atomic E-state index is 0.178. The van der Waals surface area contributed by atoms with Crippen LogP contribution in [0.3, 0.4) is 0 Å². The molecule has 0 spiro atoms.